The lowest BCUT2D eigenvalue weighted by atomic mass is 9.99. The van der Waals surface area contributed by atoms with Gasteiger partial charge in [-0.05, 0) is 23.8 Å². The van der Waals surface area contributed by atoms with Crippen molar-refractivity contribution in [1.29, 1.82) is 0 Å². The van der Waals surface area contributed by atoms with Crippen molar-refractivity contribution in [2.45, 2.75) is 6.04 Å². The molecule has 0 fully saturated rings. The zero-order chi connectivity index (χ0) is 13.8. The Bertz CT molecular complexity index is 574. The molecule has 0 saturated heterocycles. The standard InChI is InChI=1S/C14H12F3NO/c15-8-19-13-6-5-9(7-12(13)17)14(18)10-3-1-2-4-11(10)16/h1-7,14H,8,18H2/t14-/m0/s1. The molecule has 0 heterocycles. The van der Waals surface area contributed by atoms with Gasteiger partial charge in [-0.3, -0.25) is 0 Å². The van der Waals surface area contributed by atoms with Crippen LogP contribution in [0.3, 0.4) is 0 Å². The van der Waals surface area contributed by atoms with Crippen LogP contribution in [0.4, 0.5) is 13.2 Å². The third-order valence-corrected chi connectivity index (χ3v) is 2.77. The minimum atomic E-state index is -1.12. The van der Waals surface area contributed by atoms with E-state index in [2.05, 4.69) is 4.74 Å². The fourth-order valence-electron chi connectivity index (χ4n) is 1.79. The summed E-state index contributed by atoms with van der Waals surface area (Å²) in [5, 5.41) is 0. The molecule has 0 unspecified atom stereocenters. The quantitative estimate of drug-likeness (QED) is 0.922. The van der Waals surface area contributed by atoms with Gasteiger partial charge in [0.05, 0.1) is 6.04 Å². The van der Waals surface area contributed by atoms with Gasteiger partial charge < -0.3 is 10.5 Å². The maximum absolute atomic E-state index is 13.6. The third kappa shape index (κ3) is 2.88. The summed E-state index contributed by atoms with van der Waals surface area (Å²) in [5.41, 5.74) is 6.54. The summed E-state index contributed by atoms with van der Waals surface area (Å²) < 4.78 is 43.6. The first-order valence-electron chi connectivity index (χ1n) is 5.61. The molecule has 0 amide bonds. The van der Waals surface area contributed by atoms with Crippen LogP contribution in [0, 0.1) is 11.6 Å². The van der Waals surface area contributed by atoms with Crippen molar-refractivity contribution in [2.24, 2.45) is 5.73 Å². The van der Waals surface area contributed by atoms with E-state index >= 15 is 0 Å². The molecule has 0 aliphatic rings. The number of benzene rings is 2. The second-order valence-electron chi connectivity index (χ2n) is 3.94. The fourth-order valence-corrected chi connectivity index (χ4v) is 1.79. The molecule has 0 spiro atoms. The average molecular weight is 267 g/mol. The molecule has 2 aromatic carbocycles. The van der Waals surface area contributed by atoms with Crippen LogP contribution in [0.15, 0.2) is 42.5 Å². The van der Waals surface area contributed by atoms with Crippen molar-refractivity contribution >= 4 is 0 Å². The lowest BCUT2D eigenvalue weighted by Gasteiger charge is -2.14. The monoisotopic (exact) mass is 267 g/mol. The van der Waals surface area contributed by atoms with E-state index in [0.717, 1.165) is 6.07 Å². The van der Waals surface area contributed by atoms with Crippen molar-refractivity contribution in [3.63, 3.8) is 0 Å². The maximum atomic E-state index is 13.6. The SMILES string of the molecule is N[C@@H](c1ccc(OCF)c(F)c1)c1ccccc1F. The number of hydrogen-bond donors (Lipinski definition) is 1. The normalized spacial score (nSPS) is 12.2. The first kappa shape index (κ1) is 13.4. The van der Waals surface area contributed by atoms with Gasteiger partial charge in [0.1, 0.15) is 5.82 Å². The van der Waals surface area contributed by atoms with Crippen molar-refractivity contribution in [3.05, 3.63) is 65.2 Å². The van der Waals surface area contributed by atoms with Crippen LogP contribution >= 0.6 is 0 Å². The zero-order valence-corrected chi connectivity index (χ0v) is 9.95. The van der Waals surface area contributed by atoms with E-state index in [0.29, 0.717) is 5.56 Å². The molecule has 2 nitrogen and oxygen atoms in total. The summed E-state index contributed by atoms with van der Waals surface area (Å²) in [6, 6.07) is 9.07. The molecule has 2 rings (SSSR count). The Kier molecular flexibility index (Phi) is 4.06. The highest BCUT2D eigenvalue weighted by Crippen LogP contribution is 2.26. The van der Waals surface area contributed by atoms with E-state index in [1.54, 1.807) is 12.1 Å². The Morgan fingerprint density at radius 3 is 2.42 bits per heavy atom. The van der Waals surface area contributed by atoms with Crippen LogP contribution in [0.2, 0.25) is 0 Å². The van der Waals surface area contributed by atoms with Crippen molar-refractivity contribution in [3.8, 4) is 5.75 Å². The smallest absolute Gasteiger partial charge is 0.228 e. The van der Waals surface area contributed by atoms with Gasteiger partial charge in [0, 0.05) is 5.56 Å². The highest BCUT2D eigenvalue weighted by molar-refractivity contribution is 5.36. The summed E-state index contributed by atoms with van der Waals surface area (Å²) in [7, 11) is 0. The summed E-state index contributed by atoms with van der Waals surface area (Å²) in [6.45, 7) is -1.12. The fraction of sp³-hybridized carbons (Fsp3) is 0.143. The third-order valence-electron chi connectivity index (χ3n) is 2.77. The van der Waals surface area contributed by atoms with Crippen LogP contribution in [0.25, 0.3) is 0 Å². The number of hydrogen-bond acceptors (Lipinski definition) is 2. The van der Waals surface area contributed by atoms with Gasteiger partial charge in [-0.15, -0.1) is 0 Å². The van der Waals surface area contributed by atoms with Crippen molar-refractivity contribution in [1.82, 2.24) is 0 Å². The second-order valence-corrected chi connectivity index (χ2v) is 3.94. The van der Waals surface area contributed by atoms with Crippen LogP contribution in [0.5, 0.6) is 5.75 Å². The van der Waals surface area contributed by atoms with E-state index in [-0.39, 0.29) is 11.3 Å². The average Bonchev–Trinajstić information content (AvgIpc) is 2.41. The number of alkyl halides is 1. The van der Waals surface area contributed by atoms with Crippen LogP contribution in [-0.2, 0) is 0 Å². The highest BCUT2D eigenvalue weighted by Gasteiger charge is 2.15. The van der Waals surface area contributed by atoms with Gasteiger partial charge in [-0.1, -0.05) is 24.3 Å². The molecule has 5 heteroatoms. The maximum Gasteiger partial charge on any atom is 0.228 e. The molecular formula is C14H12F3NO. The molecule has 0 aliphatic carbocycles. The number of nitrogens with two attached hydrogens (primary N) is 1. The van der Waals surface area contributed by atoms with Crippen LogP contribution in [0.1, 0.15) is 17.2 Å². The molecule has 2 N–H and O–H groups in total. The lowest BCUT2D eigenvalue weighted by Crippen LogP contribution is -2.14. The molecule has 2 aromatic rings. The molecule has 100 valence electrons. The Labute approximate surface area is 108 Å². The zero-order valence-electron chi connectivity index (χ0n) is 9.95. The van der Waals surface area contributed by atoms with Gasteiger partial charge in [-0.2, -0.15) is 0 Å². The summed E-state index contributed by atoms with van der Waals surface area (Å²) in [5.74, 6) is -1.39. The predicted molar refractivity (Wildman–Crippen MR) is 65.4 cm³/mol. The number of ether oxygens (including phenoxy) is 1. The summed E-state index contributed by atoms with van der Waals surface area (Å²) in [6.07, 6.45) is 0. The van der Waals surface area contributed by atoms with E-state index < -0.39 is 24.5 Å². The first-order valence-corrected chi connectivity index (χ1v) is 5.61. The first-order chi connectivity index (χ1) is 9.13. The summed E-state index contributed by atoms with van der Waals surface area (Å²) >= 11 is 0. The van der Waals surface area contributed by atoms with Gasteiger partial charge in [-0.25, -0.2) is 13.2 Å². The van der Waals surface area contributed by atoms with Gasteiger partial charge in [0.2, 0.25) is 6.86 Å². The Balaban J connectivity index is 2.32. The van der Waals surface area contributed by atoms with Crippen LogP contribution < -0.4 is 10.5 Å². The molecule has 0 saturated carbocycles. The molecule has 0 bridgehead atoms. The molecule has 1 atom stereocenters. The van der Waals surface area contributed by atoms with Gasteiger partial charge in [0.25, 0.3) is 0 Å². The predicted octanol–water partition coefficient (Wildman–Crippen LogP) is 3.32. The Morgan fingerprint density at radius 2 is 1.79 bits per heavy atom. The van der Waals surface area contributed by atoms with Crippen molar-refractivity contribution < 1.29 is 17.9 Å². The van der Waals surface area contributed by atoms with Gasteiger partial charge in [0.15, 0.2) is 11.6 Å². The van der Waals surface area contributed by atoms with Crippen molar-refractivity contribution in [2.75, 3.05) is 6.86 Å². The second kappa shape index (κ2) is 5.75. The minimum Gasteiger partial charge on any atom is -0.460 e. The van der Waals surface area contributed by atoms with E-state index in [1.165, 1.54) is 24.3 Å². The van der Waals surface area contributed by atoms with E-state index in [9.17, 15) is 13.2 Å². The lowest BCUT2D eigenvalue weighted by molar-refractivity contribution is 0.184. The van der Waals surface area contributed by atoms with Gasteiger partial charge >= 0.3 is 0 Å². The highest BCUT2D eigenvalue weighted by atomic mass is 19.1. The topological polar surface area (TPSA) is 35.2 Å². The Hall–Kier alpha value is -2.01. The number of halogens is 3. The minimum absolute atomic E-state index is 0.202. The van der Waals surface area contributed by atoms with Crippen LogP contribution in [-0.4, -0.2) is 6.86 Å². The molecule has 0 radical (unpaired) electrons. The molecule has 0 aromatic heterocycles. The molecule has 0 aliphatic heterocycles. The Morgan fingerprint density at radius 1 is 1.05 bits per heavy atom. The van der Waals surface area contributed by atoms with E-state index in [1.807, 2.05) is 0 Å². The summed E-state index contributed by atoms with van der Waals surface area (Å²) in [4.78, 5) is 0. The number of rotatable bonds is 4. The van der Waals surface area contributed by atoms with E-state index in [4.69, 9.17) is 5.73 Å². The molecule has 19 heavy (non-hydrogen) atoms. The molecular weight excluding hydrogens is 255 g/mol. The largest absolute Gasteiger partial charge is 0.460 e.